The highest BCUT2D eigenvalue weighted by Crippen LogP contribution is 2.30. The molecule has 3 rings (SSSR count). The van der Waals surface area contributed by atoms with E-state index in [0.717, 1.165) is 35.1 Å². The van der Waals surface area contributed by atoms with Crippen LogP contribution in [0, 0.1) is 0 Å². The van der Waals surface area contributed by atoms with E-state index in [2.05, 4.69) is 28.2 Å². The third kappa shape index (κ3) is 2.53. The Balaban J connectivity index is 2.03. The summed E-state index contributed by atoms with van der Waals surface area (Å²) < 4.78 is 0. The van der Waals surface area contributed by atoms with Crippen LogP contribution in [-0.2, 0) is 0 Å². The van der Waals surface area contributed by atoms with Crippen molar-refractivity contribution in [1.29, 1.82) is 0 Å². The Morgan fingerprint density at radius 3 is 2.84 bits per heavy atom. The minimum Gasteiger partial charge on any atom is -0.312 e. The highest BCUT2D eigenvalue weighted by molar-refractivity contribution is 8.03. The van der Waals surface area contributed by atoms with Gasteiger partial charge in [-0.25, -0.2) is 5.01 Å². The zero-order chi connectivity index (χ0) is 13.2. The third-order valence-corrected chi connectivity index (χ3v) is 4.75. The number of thiocarbonyl (C=S) groups is 1. The molecule has 1 aromatic rings. The first-order chi connectivity index (χ1) is 9.25. The van der Waals surface area contributed by atoms with Crippen LogP contribution in [0.1, 0.15) is 12.0 Å². The van der Waals surface area contributed by atoms with Crippen molar-refractivity contribution in [2.24, 2.45) is 5.10 Å². The van der Waals surface area contributed by atoms with Gasteiger partial charge in [-0.3, -0.25) is 0 Å². The van der Waals surface area contributed by atoms with Crippen LogP contribution in [0.2, 0.25) is 0 Å². The van der Waals surface area contributed by atoms with Gasteiger partial charge in [0.2, 0.25) is 0 Å². The van der Waals surface area contributed by atoms with Crippen molar-refractivity contribution in [3.8, 4) is 0 Å². The van der Waals surface area contributed by atoms with Crippen molar-refractivity contribution in [2.45, 2.75) is 6.42 Å². The zero-order valence-corrected chi connectivity index (χ0v) is 12.4. The average Bonchev–Trinajstić information content (AvgIpc) is 2.58. The summed E-state index contributed by atoms with van der Waals surface area (Å²) in [6.45, 7) is 0.986. The molecule has 0 unspecified atom stereocenters. The standard InChI is InChI=1S/C14H15N3S2/c1-16-14(18)17-8-5-9-19-13(17)10-12(15-16)11-6-3-2-4-7-11/h2-4,6-7,10H,5,8-9H2,1H3. The van der Waals surface area contributed by atoms with Crippen LogP contribution in [0.4, 0.5) is 0 Å². The summed E-state index contributed by atoms with van der Waals surface area (Å²) in [5.41, 5.74) is 2.09. The number of rotatable bonds is 1. The molecular formula is C14H15N3S2. The molecule has 0 amide bonds. The molecule has 98 valence electrons. The Hall–Kier alpha value is -1.33. The monoisotopic (exact) mass is 289 g/mol. The quantitative estimate of drug-likeness (QED) is 0.740. The second-order valence-corrected chi connectivity index (χ2v) is 5.97. The van der Waals surface area contributed by atoms with Gasteiger partial charge in [-0.15, -0.1) is 11.8 Å². The summed E-state index contributed by atoms with van der Waals surface area (Å²) in [6, 6.07) is 10.2. The number of benzene rings is 1. The Bertz CT molecular complexity index is 551. The van der Waals surface area contributed by atoms with Crippen LogP contribution in [0.15, 0.2) is 46.5 Å². The number of nitrogens with zero attached hydrogens (tertiary/aromatic N) is 3. The summed E-state index contributed by atoms with van der Waals surface area (Å²) in [7, 11) is 1.92. The minimum absolute atomic E-state index is 0.782. The van der Waals surface area contributed by atoms with Gasteiger partial charge in [-0.1, -0.05) is 30.3 Å². The van der Waals surface area contributed by atoms with E-state index in [0.29, 0.717) is 0 Å². The van der Waals surface area contributed by atoms with Gasteiger partial charge in [0.25, 0.3) is 0 Å². The van der Waals surface area contributed by atoms with Crippen molar-refractivity contribution < 1.29 is 0 Å². The van der Waals surface area contributed by atoms with Gasteiger partial charge in [0.15, 0.2) is 5.11 Å². The van der Waals surface area contributed by atoms with E-state index in [1.807, 2.05) is 37.0 Å². The van der Waals surface area contributed by atoms with Crippen LogP contribution in [-0.4, -0.2) is 40.1 Å². The number of allylic oxidation sites excluding steroid dienone is 1. The Labute approximate surface area is 123 Å². The van der Waals surface area contributed by atoms with Crippen LogP contribution < -0.4 is 0 Å². The van der Waals surface area contributed by atoms with E-state index < -0.39 is 0 Å². The first-order valence-electron chi connectivity index (χ1n) is 6.29. The van der Waals surface area contributed by atoms with Gasteiger partial charge in [0.05, 0.1) is 10.7 Å². The van der Waals surface area contributed by atoms with E-state index in [9.17, 15) is 0 Å². The van der Waals surface area contributed by atoms with E-state index >= 15 is 0 Å². The van der Waals surface area contributed by atoms with E-state index in [4.69, 9.17) is 12.2 Å². The molecule has 0 saturated carbocycles. The lowest BCUT2D eigenvalue weighted by Gasteiger charge is -2.31. The van der Waals surface area contributed by atoms with Crippen molar-refractivity contribution in [1.82, 2.24) is 9.91 Å². The lowest BCUT2D eigenvalue weighted by molar-refractivity contribution is 0.435. The molecule has 2 heterocycles. The number of fused-ring (bicyclic) bond motifs is 1. The molecule has 2 aliphatic rings. The van der Waals surface area contributed by atoms with Crippen LogP contribution in [0.3, 0.4) is 0 Å². The molecule has 1 saturated heterocycles. The summed E-state index contributed by atoms with van der Waals surface area (Å²) >= 11 is 7.36. The molecule has 0 N–H and O–H groups in total. The summed E-state index contributed by atoms with van der Waals surface area (Å²) in [6.07, 6.45) is 3.31. The first-order valence-corrected chi connectivity index (χ1v) is 7.69. The number of thioether (sulfide) groups is 1. The Morgan fingerprint density at radius 1 is 1.26 bits per heavy atom. The lowest BCUT2D eigenvalue weighted by Crippen LogP contribution is -2.38. The van der Waals surface area contributed by atoms with E-state index in [1.54, 1.807) is 5.01 Å². The number of hydrogen-bond acceptors (Lipinski definition) is 3. The zero-order valence-electron chi connectivity index (χ0n) is 10.7. The molecule has 0 bridgehead atoms. The Kier molecular flexibility index (Phi) is 3.57. The topological polar surface area (TPSA) is 18.8 Å². The second kappa shape index (κ2) is 5.35. The van der Waals surface area contributed by atoms with Gasteiger partial charge >= 0.3 is 0 Å². The van der Waals surface area contributed by atoms with Crippen molar-refractivity contribution in [2.75, 3.05) is 19.3 Å². The Morgan fingerprint density at radius 2 is 2.05 bits per heavy atom. The fourth-order valence-corrected chi connectivity index (χ4v) is 3.47. The maximum atomic E-state index is 5.51. The van der Waals surface area contributed by atoms with Gasteiger partial charge in [-0.2, -0.15) is 5.10 Å². The van der Waals surface area contributed by atoms with Crippen molar-refractivity contribution >= 4 is 34.8 Å². The average molecular weight is 289 g/mol. The molecule has 0 radical (unpaired) electrons. The van der Waals surface area contributed by atoms with Crippen LogP contribution in [0.5, 0.6) is 0 Å². The predicted octanol–water partition coefficient (Wildman–Crippen LogP) is 2.90. The highest BCUT2D eigenvalue weighted by atomic mass is 32.2. The first kappa shape index (κ1) is 12.7. The summed E-state index contributed by atoms with van der Waals surface area (Å²) in [5, 5.41) is 8.42. The third-order valence-electron chi connectivity index (χ3n) is 3.14. The largest absolute Gasteiger partial charge is 0.312 e. The summed E-state index contributed by atoms with van der Waals surface area (Å²) in [5.74, 6) is 1.15. The fourth-order valence-electron chi connectivity index (χ4n) is 2.17. The maximum Gasteiger partial charge on any atom is 0.196 e. The van der Waals surface area contributed by atoms with Gasteiger partial charge in [-0.05, 0) is 24.7 Å². The van der Waals surface area contributed by atoms with Gasteiger partial charge in [0.1, 0.15) is 0 Å². The lowest BCUT2D eigenvalue weighted by atomic mass is 10.1. The minimum atomic E-state index is 0.782. The van der Waals surface area contributed by atoms with Crippen LogP contribution in [0.25, 0.3) is 0 Å². The number of hydrazone groups is 1. The molecule has 5 heteroatoms. The predicted molar refractivity (Wildman–Crippen MR) is 85.2 cm³/mol. The van der Waals surface area contributed by atoms with Gasteiger partial charge < -0.3 is 4.90 Å². The molecule has 19 heavy (non-hydrogen) atoms. The molecule has 0 aromatic heterocycles. The fraction of sp³-hybridized carbons (Fsp3) is 0.286. The molecule has 0 spiro atoms. The second-order valence-electron chi connectivity index (χ2n) is 4.49. The van der Waals surface area contributed by atoms with Gasteiger partial charge in [0, 0.05) is 24.9 Å². The highest BCUT2D eigenvalue weighted by Gasteiger charge is 2.25. The molecule has 1 fully saturated rings. The van der Waals surface area contributed by atoms with Crippen LogP contribution >= 0.6 is 24.0 Å². The van der Waals surface area contributed by atoms with Crippen molar-refractivity contribution in [3.05, 3.63) is 47.0 Å². The maximum absolute atomic E-state index is 5.51. The molecule has 1 aromatic carbocycles. The summed E-state index contributed by atoms with van der Waals surface area (Å²) in [4.78, 5) is 2.18. The van der Waals surface area contributed by atoms with E-state index in [-0.39, 0.29) is 0 Å². The van der Waals surface area contributed by atoms with E-state index in [1.165, 1.54) is 5.03 Å². The number of hydrogen-bond donors (Lipinski definition) is 0. The molecule has 2 aliphatic heterocycles. The SMILES string of the molecule is CN1N=C(c2ccccc2)C=C2SCCCN2C1=S. The van der Waals surface area contributed by atoms with Crippen molar-refractivity contribution in [3.63, 3.8) is 0 Å². The molecule has 0 aliphatic carbocycles. The molecule has 0 atom stereocenters. The normalized spacial score (nSPS) is 19.5. The molecule has 3 nitrogen and oxygen atoms in total. The smallest absolute Gasteiger partial charge is 0.196 e. The molecular weight excluding hydrogens is 274 g/mol.